The van der Waals surface area contributed by atoms with Gasteiger partial charge < -0.3 is 9.84 Å². The molecule has 0 saturated heterocycles. The molecule has 0 amide bonds. The Morgan fingerprint density at radius 2 is 1.38 bits per heavy atom. The number of hydrogen-bond donors (Lipinski definition) is 1. The van der Waals surface area contributed by atoms with Crippen molar-refractivity contribution in [3.05, 3.63) is 70.8 Å². The number of hydrogen-bond acceptors (Lipinski definition) is 2. The fourth-order valence-electron chi connectivity index (χ4n) is 2.09. The first-order chi connectivity index (χ1) is 9.99. The first-order valence-electron chi connectivity index (χ1n) is 7.08. The first-order valence-corrected chi connectivity index (χ1v) is 7.08. The summed E-state index contributed by atoms with van der Waals surface area (Å²) in [6.45, 7) is 4.22. The van der Waals surface area contributed by atoms with E-state index in [9.17, 15) is 5.11 Å². The van der Waals surface area contributed by atoms with Gasteiger partial charge in [-0.2, -0.15) is 0 Å². The van der Waals surface area contributed by atoms with Crippen molar-refractivity contribution in [1.82, 2.24) is 0 Å². The highest BCUT2D eigenvalue weighted by Gasteiger charge is 2.14. The third kappa shape index (κ3) is 4.55. The van der Waals surface area contributed by atoms with Gasteiger partial charge in [-0.25, -0.2) is 0 Å². The lowest BCUT2D eigenvalue weighted by Gasteiger charge is -2.17. The summed E-state index contributed by atoms with van der Waals surface area (Å²) in [5.74, 6) is 0. The highest BCUT2D eigenvalue weighted by atomic mass is 16.5. The molecule has 1 N–H and O–H groups in total. The Morgan fingerprint density at radius 1 is 0.905 bits per heavy atom. The highest BCUT2D eigenvalue weighted by Crippen LogP contribution is 2.20. The second kappa shape index (κ2) is 6.70. The predicted octanol–water partition coefficient (Wildman–Crippen LogP) is 4.23. The van der Waals surface area contributed by atoms with E-state index in [2.05, 4.69) is 36.4 Å². The standard InChI is InChI=1S/C19H22O2/c1-19(2,20)18-12-10-16(11-13-18)5-4-15-6-8-17(9-7-15)14-21-3/h4-13,20H,14H2,1-3H3/b5-4+. The van der Waals surface area contributed by atoms with Gasteiger partial charge in [-0.15, -0.1) is 0 Å². The zero-order chi connectivity index (χ0) is 15.3. The van der Waals surface area contributed by atoms with E-state index in [4.69, 9.17) is 4.74 Å². The first kappa shape index (κ1) is 15.5. The molecule has 2 aromatic carbocycles. The molecular weight excluding hydrogens is 260 g/mol. The Labute approximate surface area is 126 Å². The molecular formula is C19H22O2. The van der Waals surface area contributed by atoms with Crippen LogP contribution in [0.5, 0.6) is 0 Å². The van der Waals surface area contributed by atoms with Crippen molar-refractivity contribution < 1.29 is 9.84 Å². The van der Waals surface area contributed by atoms with Gasteiger partial charge in [0.1, 0.15) is 0 Å². The molecule has 0 spiro atoms. The monoisotopic (exact) mass is 282 g/mol. The van der Waals surface area contributed by atoms with Crippen LogP contribution in [0.4, 0.5) is 0 Å². The number of ether oxygens (including phenoxy) is 1. The van der Waals surface area contributed by atoms with Gasteiger partial charge in [0.15, 0.2) is 0 Å². The molecule has 0 bridgehead atoms. The minimum absolute atomic E-state index is 0.641. The van der Waals surface area contributed by atoms with Gasteiger partial charge in [-0.1, -0.05) is 60.7 Å². The van der Waals surface area contributed by atoms with Crippen LogP contribution in [0, 0.1) is 0 Å². The lowest BCUT2D eigenvalue weighted by atomic mass is 9.97. The molecule has 21 heavy (non-hydrogen) atoms. The zero-order valence-corrected chi connectivity index (χ0v) is 12.8. The predicted molar refractivity (Wildman–Crippen MR) is 87.8 cm³/mol. The molecule has 0 aromatic heterocycles. The van der Waals surface area contributed by atoms with Gasteiger partial charge in [0, 0.05) is 7.11 Å². The van der Waals surface area contributed by atoms with Gasteiger partial charge >= 0.3 is 0 Å². The van der Waals surface area contributed by atoms with Crippen molar-refractivity contribution in [2.24, 2.45) is 0 Å². The Bertz CT molecular complexity index is 587. The van der Waals surface area contributed by atoms with Crippen LogP contribution in [0.1, 0.15) is 36.1 Å². The average Bonchev–Trinajstić information content (AvgIpc) is 2.46. The SMILES string of the molecule is COCc1ccc(/C=C/c2ccc(C(C)(C)O)cc2)cc1. The van der Waals surface area contributed by atoms with Crippen LogP contribution < -0.4 is 0 Å². The average molecular weight is 282 g/mol. The van der Waals surface area contributed by atoms with Crippen LogP contribution in [0.3, 0.4) is 0 Å². The molecule has 0 aliphatic rings. The second-order valence-electron chi connectivity index (χ2n) is 5.69. The van der Waals surface area contributed by atoms with E-state index in [0.717, 1.165) is 16.7 Å². The summed E-state index contributed by atoms with van der Waals surface area (Å²) in [6.07, 6.45) is 4.15. The van der Waals surface area contributed by atoms with E-state index >= 15 is 0 Å². The van der Waals surface area contributed by atoms with Crippen LogP contribution in [0.2, 0.25) is 0 Å². The van der Waals surface area contributed by atoms with Gasteiger partial charge in [0.05, 0.1) is 12.2 Å². The van der Waals surface area contributed by atoms with Crippen molar-refractivity contribution in [1.29, 1.82) is 0 Å². The van der Waals surface area contributed by atoms with Crippen molar-refractivity contribution in [2.75, 3.05) is 7.11 Å². The van der Waals surface area contributed by atoms with Crippen LogP contribution >= 0.6 is 0 Å². The summed E-state index contributed by atoms with van der Waals surface area (Å²) in [6, 6.07) is 16.3. The molecule has 0 heterocycles. The van der Waals surface area contributed by atoms with E-state index in [1.165, 1.54) is 5.56 Å². The summed E-state index contributed by atoms with van der Waals surface area (Å²) >= 11 is 0. The Hall–Kier alpha value is -1.90. The molecule has 2 aromatic rings. The maximum absolute atomic E-state index is 9.93. The van der Waals surface area contributed by atoms with Crippen molar-refractivity contribution in [3.8, 4) is 0 Å². The maximum atomic E-state index is 9.93. The van der Waals surface area contributed by atoms with Gasteiger partial charge in [0.2, 0.25) is 0 Å². The smallest absolute Gasteiger partial charge is 0.0840 e. The van der Waals surface area contributed by atoms with Crippen LogP contribution in [-0.4, -0.2) is 12.2 Å². The normalized spacial score (nSPS) is 12.0. The molecule has 2 heteroatoms. The largest absolute Gasteiger partial charge is 0.386 e. The van der Waals surface area contributed by atoms with Crippen LogP contribution in [0.25, 0.3) is 12.2 Å². The van der Waals surface area contributed by atoms with Crippen molar-refractivity contribution >= 4 is 12.2 Å². The van der Waals surface area contributed by atoms with Gasteiger partial charge in [-0.05, 0) is 36.1 Å². The summed E-state index contributed by atoms with van der Waals surface area (Å²) in [4.78, 5) is 0. The highest BCUT2D eigenvalue weighted by molar-refractivity contribution is 5.69. The summed E-state index contributed by atoms with van der Waals surface area (Å²) < 4.78 is 5.10. The van der Waals surface area contributed by atoms with Crippen LogP contribution in [0.15, 0.2) is 48.5 Å². The maximum Gasteiger partial charge on any atom is 0.0840 e. The quantitative estimate of drug-likeness (QED) is 0.832. The molecule has 0 fully saturated rings. The second-order valence-corrected chi connectivity index (χ2v) is 5.69. The fraction of sp³-hybridized carbons (Fsp3) is 0.263. The van der Waals surface area contributed by atoms with Crippen molar-refractivity contribution in [3.63, 3.8) is 0 Å². The zero-order valence-electron chi connectivity index (χ0n) is 12.8. The molecule has 0 atom stereocenters. The Kier molecular flexibility index (Phi) is 4.94. The van der Waals surface area contributed by atoms with Crippen molar-refractivity contribution in [2.45, 2.75) is 26.1 Å². The van der Waals surface area contributed by atoms with E-state index in [-0.39, 0.29) is 0 Å². The molecule has 0 unspecified atom stereocenters. The fourth-order valence-corrected chi connectivity index (χ4v) is 2.09. The van der Waals surface area contributed by atoms with E-state index in [1.807, 2.05) is 24.3 Å². The lowest BCUT2D eigenvalue weighted by Crippen LogP contribution is -2.14. The number of rotatable bonds is 5. The number of benzene rings is 2. The third-order valence-corrected chi connectivity index (χ3v) is 3.38. The van der Waals surface area contributed by atoms with E-state index in [0.29, 0.717) is 6.61 Å². The minimum Gasteiger partial charge on any atom is -0.386 e. The van der Waals surface area contributed by atoms with Gasteiger partial charge in [-0.3, -0.25) is 0 Å². The summed E-state index contributed by atoms with van der Waals surface area (Å²) in [5.41, 5.74) is 3.57. The molecule has 110 valence electrons. The van der Waals surface area contributed by atoms with E-state index < -0.39 is 5.60 Å². The molecule has 2 rings (SSSR count). The van der Waals surface area contributed by atoms with Crippen LogP contribution in [-0.2, 0) is 16.9 Å². The molecule has 0 aliphatic heterocycles. The van der Waals surface area contributed by atoms with E-state index in [1.54, 1.807) is 21.0 Å². The molecule has 0 radical (unpaired) electrons. The summed E-state index contributed by atoms with van der Waals surface area (Å²) in [5, 5.41) is 9.93. The van der Waals surface area contributed by atoms with Gasteiger partial charge in [0.25, 0.3) is 0 Å². The number of methoxy groups -OCH3 is 1. The Morgan fingerprint density at radius 3 is 1.81 bits per heavy atom. The molecule has 0 saturated carbocycles. The number of aliphatic hydroxyl groups is 1. The molecule has 2 nitrogen and oxygen atoms in total. The topological polar surface area (TPSA) is 29.5 Å². The minimum atomic E-state index is -0.792. The lowest BCUT2D eigenvalue weighted by molar-refractivity contribution is 0.0786. The third-order valence-electron chi connectivity index (χ3n) is 3.38. The molecule has 0 aliphatic carbocycles. The summed E-state index contributed by atoms with van der Waals surface area (Å²) in [7, 11) is 1.70. The Balaban J connectivity index is 2.07.